The Balaban J connectivity index is 0.000000156. The first-order valence-corrected chi connectivity index (χ1v) is 46.9. The van der Waals surface area contributed by atoms with Gasteiger partial charge in [0.15, 0.2) is 17.5 Å². The number of nitrogens with zero attached hydrogens (tertiary/aromatic N) is 11. The zero-order valence-electron chi connectivity index (χ0n) is 76.7. The molecule has 0 amide bonds. The van der Waals surface area contributed by atoms with Crippen molar-refractivity contribution in [1.82, 2.24) is 19.9 Å². The number of halogens is 1. The highest BCUT2D eigenvalue weighted by Crippen LogP contribution is 2.51. The fourth-order valence-corrected chi connectivity index (χ4v) is 19.0. The van der Waals surface area contributed by atoms with Crippen LogP contribution in [0.1, 0.15) is 243 Å². The molecule has 0 unspecified atom stereocenters. The van der Waals surface area contributed by atoms with Gasteiger partial charge < -0.3 is 70.8 Å². The minimum Gasteiger partial charge on any atom is -0.481 e. The van der Waals surface area contributed by atoms with Crippen molar-refractivity contribution in [1.29, 1.82) is 15.8 Å². The largest absolute Gasteiger partial charge is 0.481 e. The van der Waals surface area contributed by atoms with Crippen molar-refractivity contribution in [2.45, 2.75) is 244 Å². The summed E-state index contributed by atoms with van der Waals surface area (Å²) >= 11 is 6.08. The van der Waals surface area contributed by atoms with Crippen molar-refractivity contribution < 1.29 is 49.1 Å². The second kappa shape index (κ2) is 44.2. The number of benzene rings is 4. The Hall–Kier alpha value is -11.6. The number of aromatic nitrogens is 4. The van der Waals surface area contributed by atoms with Crippen LogP contribution in [0.15, 0.2) is 146 Å². The van der Waals surface area contributed by atoms with E-state index in [0.29, 0.717) is 127 Å². The number of carboxylic acids is 4. The van der Waals surface area contributed by atoms with Crippen molar-refractivity contribution in [3.8, 4) is 18.2 Å². The predicted octanol–water partition coefficient (Wildman–Crippen LogP) is 21.8. The minimum atomic E-state index is -0.853. The Labute approximate surface area is 766 Å². The molecule has 2 aliphatic heterocycles. The molecule has 5 aliphatic carbocycles. The number of nitrogens with one attached hydrogen (secondary N) is 4. The topological polar surface area (TPSA) is 352 Å². The summed E-state index contributed by atoms with van der Waals surface area (Å²) in [5.41, 5.74) is 8.52. The number of aliphatic carboxylic acids is 4. The summed E-state index contributed by atoms with van der Waals surface area (Å²) < 4.78 is 11.2. The Kier molecular flexibility index (Phi) is 33.0. The Morgan fingerprint density at radius 1 is 0.380 bits per heavy atom. The van der Waals surface area contributed by atoms with Gasteiger partial charge >= 0.3 is 23.9 Å². The third-order valence-electron chi connectivity index (χ3n) is 26.4. The number of nitriles is 3. The van der Waals surface area contributed by atoms with E-state index in [1.54, 1.807) is 61.2 Å². The lowest BCUT2D eigenvalue weighted by Gasteiger charge is -2.41. The van der Waals surface area contributed by atoms with Gasteiger partial charge in [0, 0.05) is 124 Å². The molecule has 26 heteroatoms. The number of ether oxygens (including phenoxy) is 2. The molecule has 0 radical (unpaired) electrons. The summed E-state index contributed by atoms with van der Waals surface area (Å²) in [5.74, 6) is 2.43. The van der Waals surface area contributed by atoms with Gasteiger partial charge in [0.25, 0.3) is 0 Å². The molecule has 7 aliphatic rings. The highest BCUT2D eigenvalue weighted by Gasteiger charge is 2.50. The van der Waals surface area contributed by atoms with Crippen LogP contribution in [0.25, 0.3) is 0 Å². The molecule has 0 atom stereocenters. The Morgan fingerprint density at radius 3 is 1.05 bits per heavy atom. The average Bonchev–Trinajstić information content (AvgIpc) is 0.767. The Morgan fingerprint density at radius 2 is 0.713 bits per heavy atom. The van der Waals surface area contributed by atoms with Crippen LogP contribution in [0, 0.1) is 63.6 Å². The van der Waals surface area contributed by atoms with E-state index < -0.39 is 45.5 Å². The molecule has 4 aromatic heterocycles. The van der Waals surface area contributed by atoms with Gasteiger partial charge in [-0.1, -0.05) is 132 Å². The molecule has 8 aromatic rings. The SMILES string of the molecule is CC(C)CN(CC(C)C)c1ncc(C2(C(=O)O)CCC2)cc1Nc1ccc(C#N)cc1.CC(C)CN(c1ccc(C2(C(=O)O)CCC2)cc1Nc1ccc(C#N)cn1)C1CCCCC1.CC(C)CN(c1ncc(C2(C(=O)O)CCC2)cc1Nc1ccc(C#N)cc1)C1CCOCC1.CC(C)CN(c1ncc(C2(C(=O)O)CCC2)cc1Nc1ccc(Cl)cc1)C1CCOCC1. The van der Waals surface area contributed by atoms with Crippen LogP contribution in [-0.4, -0.2) is 142 Å². The van der Waals surface area contributed by atoms with Crippen molar-refractivity contribution in [3.63, 3.8) is 0 Å². The van der Waals surface area contributed by atoms with Crippen molar-refractivity contribution in [3.05, 3.63) is 190 Å². The molecule has 0 bridgehead atoms. The number of carbonyl (C=O) groups is 4. The summed E-state index contributed by atoms with van der Waals surface area (Å²) in [6.45, 7) is 29.4. The van der Waals surface area contributed by atoms with Crippen LogP contribution in [-0.2, 0) is 50.3 Å². The minimum absolute atomic E-state index is 0.318. The molecule has 7 fully saturated rings. The van der Waals surface area contributed by atoms with E-state index >= 15 is 0 Å². The lowest BCUT2D eigenvalue weighted by atomic mass is 9.64. The Bertz CT molecular complexity index is 5050. The second-order valence-electron chi connectivity index (χ2n) is 38.2. The average molecular weight is 1770 g/mol. The van der Waals surface area contributed by atoms with Gasteiger partial charge in [-0.15, -0.1) is 0 Å². The maximum atomic E-state index is 12.2. The van der Waals surface area contributed by atoms with Crippen LogP contribution in [0.4, 0.5) is 68.8 Å². The van der Waals surface area contributed by atoms with Crippen molar-refractivity contribution in [2.24, 2.45) is 29.6 Å². The van der Waals surface area contributed by atoms with E-state index in [1.807, 2.05) is 78.9 Å². The van der Waals surface area contributed by atoms with Crippen LogP contribution in [0.5, 0.6) is 0 Å². The van der Waals surface area contributed by atoms with Crippen LogP contribution >= 0.6 is 11.6 Å². The van der Waals surface area contributed by atoms with Crippen LogP contribution in [0.3, 0.4) is 0 Å². The van der Waals surface area contributed by atoms with E-state index in [0.717, 1.165) is 196 Å². The van der Waals surface area contributed by atoms with E-state index in [2.05, 4.69) is 139 Å². The van der Waals surface area contributed by atoms with Gasteiger partial charge in [0.1, 0.15) is 11.9 Å². The summed E-state index contributed by atoms with van der Waals surface area (Å²) in [7, 11) is 0. The molecule has 0 spiro atoms. The summed E-state index contributed by atoms with van der Waals surface area (Å²) in [4.78, 5) is 77.0. The lowest BCUT2D eigenvalue weighted by Crippen LogP contribution is -2.44. The van der Waals surface area contributed by atoms with Gasteiger partial charge in [0.05, 0.1) is 78.9 Å². The highest BCUT2D eigenvalue weighted by atomic mass is 35.5. The molecule has 6 heterocycles. The number of rotatable bonds is 33. The summed E-state index contributed by atoms with van der Waals surface area (Å²) in [5, 5.41) is 81.7. The van der Waals surface area contributed by atoms with E-state index in [9.17, 15) is 39.6 Å². The first-order chi connectivity index (χ1) is 62.0. The molecule has 8 N–H and O–H groups in total. The normalized spacial score (nSPS) is 17.2. The molecule has 5 saturated carbocycles. The fraction of sp³-hybridized carbons (Fsp3) is 0.505. The van der Waals surface area contributed by atoms with Gasteiger partial charge in [-0.05, 0) is 257 Å². The maximum absolute atomic E-state index is 12.2. The first-order valence-electron chi connectivity index (χ1n) is 46.5. The lowest BCUT2D eigenvalue weighted by molar-refractivity contribution is -0.148. The zero-order chi connectivity index (χ0) is 92.2. The zero-order valence-corrected chi connectivity index (χ0v) is 77.5. The van der Waals surface area contributed by atoms with E-state index in [4.69, 9.17) is 51.8 Å². The van der Waals surface area contributed by atoms with Crippen molar-refractivity contribution in [2.75, 3.05) is 100 Å². The monoisotopic (exact) mass is 1770 g/mol. The standard InChI is InChI=1S/C27H34N4O2.C26H32N4O3.C25H32ClN3O3.C25H32N4O2/c1-19(2)18-31(22-7-4-3-5-8-22)24-11-10-21(27(26(32)33)13-6-14-27)15-23(24)30-25-12-9-20(16-28)17-29-25;1-18(2)17-30(22-8-12-33-13-9-22)24-23(29-21-6-4-19(15-27)5-7-21)14-20(16-28-24)26(25(31)32)10-3-11-26;1-17(2)16-29(21-8-12-32-13-9-21)23-22(28-20-6-4-19(26)5-7-20)14-18(15-27-23)25(24(30)31)10-3-11-25;1-17(2)15-29(16-18(3)4)23-22(28-21-8-6-19(13-26)7-9-21)12-20(14-27-23)25(24(30)31)10-5-11-25/h9-12,15,17,19,22H,3-8,13-14,18H2,1-2H3,(H,29,30)(H,32,33);4-7,14,16,18,22,29H,3,8-13,17H2,1-2H3,(H,31,32);4-7,14-15,17,21,28H,3,8-13,16H2,1-2H3,(H,30,31);6-9,12,14,17-18,28H,5,10-11,15-16H2,1-4H3,(H,30,31). The molecular weight excluding hydrogens is 1640 g/mol. The van der Waals surface area contributed by atoms with Gasteiger partial charge in [-0.3, -0.25) is 19.2 Å². The first kappa shape index (κ1) is 96.5. The molecule has 15 rings (SSSR count). The van der Waals surface area contributed by atoms with Crippen LogP contribution < -0.4 is 40.9 Å². The molecule has 25 nitrogen and oxygen atoms in total. The number of hydrogen-bond acceptors (Lipinski definition) is 21. The third-order valence-corrected chi connectivity index (χ3v) is 26.7. The van der Waals surface area contributed by atoms with E-state index in [-0.39, 0.29) is 0 Å². The fourth-order valence-electron chi connectivity index (χ4n) is 18.8. The second-order valence-corrected chi connectivity index (χ2v) is 38.7. The smallest absolute Gasteiger partial charge is 0.314 e. The number of pyridine rings is 4. The molecule has 129 heavy (non-hydrogen) atoms. The van der Waals surface area contributed by atoms with Gasteiger partial charge in [0.2, 0.25) is 0 Å². The number of carboxylic acid groups (broad SMARTS) is 4. The molecule has 4 aromatic carbocycles. The molecule has 2 saturated heterocycles. The van der Waals surface area contributed by atoms with Crippen molar-refractivity contribution >= 4 is 104 Å². The predicted molar refractivity (Wildman–Crippen MR) is 511 cm³/mol. The summed E-state index contributed by atoms with van der Waals surface area (Å²) in [6, 6.07) is 45.2. The number of hydrogen-bond donors (Lipinski definition) is 8. The third kappa shape index (κ3) is 23.6. The van der Waals surface area contributed by atoms with E-state index in [1.165, 1.54) is 32.1 Å². The quantitative estimate of drug-likeness (QED) is 0.0189. The maximum Gasteiger partial charge on any atom is 0.314 e. The molecule has 684 valence electrons. The summed E-state index contributed by atoms with van der Waals surface area (Å²) in [6.07, 6.45) is 25.7. The molecular formula is C103H130ClN15O10. The highest BCUT2D eigenvalue weighted by molar-refractivity contribution is 6.30. The van der Waals surface area contributed by atoms with Crippen LogP contribution in [0.2, 0.25) is 5.02 Å². The number of anilines is 12. The van der Waals surface area contributed by atoms with Gasteiger partial charge in [-0.25, -0.2) is 19.9 Å². The van der Waals surface area contributed by atoms with Gasteiger partial charge in [-0.2, -0.15) is 15.8 Å².